The number of rotatable bonds is 2. The van der Waals surface area contributed by atoms with E-state index < -0.39 is 45.1 Å². The van der Waals surface area contributed by atoms with E-state index in [1.165, 1.54) is 0 Å². The third kappa shape index (κ3) is 3.97. The molecule has 0 bridgehead atoms. The molecule has 0 unspecified atom stereocenters. The summed E-state index contributed by atoms with van der Waals surface area (Å²) in [5, 5.41) is 10.5. The largest absolute Gasteiger partial charge is 0.471 e. The van der Waals surface area contributed by atoms with Gasteiger partial charge in [-0.05, 0) is 6.07 Å². The van der Waals surface area contributed by atoms with Crippen molar-refractivity contribution in [2.24, 2.45) is 0 Å². The van der Waals surface area contributed by atoms with Crippen LogP contribution in [0.3, 0.4) is 0 Å². The number of nitro benzene ring substituents is 1. The van der Waals surface area contributed by atoms with Crippen LogP contribution >= 0.6 is 11.6 Å². The van der Waals surface area contributed by atoms with Gasteiger partial charge in [0.15, 0.2) is 0 Å². The minimum atomic E-state index is -5.42. The van der Waals surface area contributed by atoms with Crippen LogP contribution in [0.25, 0.3) is 0 Å². The highest BCUT2D eigenvalue weighted by Crippen LogP contribution is 2.40. The summed E-state index contributed by atoms with van der Waals surface area (Å²) in [5.74, 6) is -2.65. The molecule has 0 aromatic heterocycles. The molecular formula is C9H3ClF6N2O3. The summed E-state index contributed by atoms with van der Waals surface area (Å²) in [4.78, 5) is 20.0. The van der Waals surface area contributed by atoms with Crippen molar-refractivity contribution in [1.29, 1.82) is 0 Å². The number of carbonyl (C=O) groups excluding carboxylic acids is 1. The molecule has 21 heavy (non-hydrogen) atoms. The van der Waals surface area contributed by atoms with E-state index in [1.54, 1.807) is 0 Å². The summed E-state index contributed by atoms with van der Waals surface area (Å²) in [6.07, 6.45) is -10.5. The number of nitro groups is 1. The fourth-order valence-electron chi connectivity index (χ4n) is 1.22. The van der Waals surface area contributed by atoms with Crippen LogP contribution in [0.15, 0.2) is 12.1 Å². The maximum atomic E-state index is 12.5. The van der Waals surface area contributed by atoms with Gasteiger partial charge in [-0.2, -0.15) is 26.3 Å². The van der Waals surface area contributed by atoms with E-state index in [-0.39, 0.29) is 12.1 Å². The molecule has 0 aliphatic rings. The number of carbonyl (C=O) groups is 1. The third-order valence-corrected chi connectivity index (χ3v) is 2.41. The van der Waals surface area contributed by atoms with E-state index in [2.05, 4.69) is 0 Å². The van der Waals surface area contributed by atoms with Crippen LogP contribution in [0.1, 0.15) is 5.56 Å². The first-order valence-electron chi connectivity index (χ1n) is 4.77. The number of nitrogens with one attached hydrogen (secondary N) is 1. The van der Waals surface area contributed by atoms with Crippen molar-refractivity contribution < 1.29 is 36.1 Å². The van der Waals surface area contributed by atoms with Crippen LogP contribution in [-0.2, 0) is 11.0 Å². The summed E-state index contributed by atoms with van der Waals surface area (Å²) < 4.78 is 73.8. The summed E-state index contributed by atoms with van der Waals surface area (Å²) >= 11 is 5.20. The Morgan fingerprint density at radius 2 is 1.71 bits per heavy atom. The number of anilines is 1. The van der Waals surface area contributed by atoms with Crippen molar-refractivity contribution in [3.8, 4) is 0 Å². The third-order valence-electron chi connectivity index (χ3n) is 2.09. The standard InChI is InChI=1S/C9H3ClF6N2O3/c10-4-2-6(18(20)21)5(1-3(4)8(11,12)13)17-7(19)9(14,15)16/h1-2H,(H,17,19). The van der Waals surface area contributed by atoms with Gasteiger partial charge >= 0.3 is 18.3 Å². The van der Waals surface area contributed by atoms with E-state index >= 15 is 0 Å². The predicted octanol–water partition coefficient (Wildman–Crippen LogP) is 3.77. The van der Waals surface area contributed by atoms with Crippen LogP contribution in [0.5, 0.6) is 0 Å². The molecule has 0 saturated heterocycles. The number of nitrogens with zero attached hydrogens (tertiary/aromatic N) is 1. The number of hydrogen-bond donors (Lipinski definition) is 1. The first kappa shape index (κ1) is 17.0. The number of alkyl halides is 6. The average Bonchev–Trinajstić information content (AvgIpc) is 2.27. The zero-order valence-corrected chi connectivity index (χ0v) is 10.2. The minimum Gasteiger partial charge on any atom is -0.312 e. The second-order valence-electron chi connectivity index (χ2n) is 3.56. The summed E-state index contributed by atoms with van der Waals surface area (Å²) in [5.41, 5.74) is -4.09. The molecule has 1 aromatic carbocycles. The molecule has 5 nitrogen and oxygen atoms in total. The zero-order valence-electron chi connectivity index (χ0n) is 9.47. The van der Waals surface area contributed by atoms with Crippen molar-refractivity contribution >= 4 is 28.9 Å². The lowest BCUT2D eigenvalue weighted by Crippen LogP contribution is -2.30. The molecule has 0 atom stereocenters. The van der Waals surface area contributed by atoms with Gasteiger partial charge in [0.2, 0.25) is 0 Å². The second-order valence-corrected chi connectivity index (χ2v) is 3.96. The van der Waals surface area contributed by atoms with Gasteiger partial charge in [-0.15, -0.1) is 0 Å². The Labute approximate surface area is 116 Å². The van der Waals surface area contributed by atoms with Crippen molar-refractivity contribution in [3.05, 3.63) is 32.8 Å². The average molecular weight is 337 g/mol. The molecule has 12 heteroatoms. The maximum Gasteiger partial charge on any atom is 0.471 e. The molecule has 0 aliphatic heterocycles. The highest BCUT2D eigenvalue weighted by atomic mass is 35.5. The number of benzene rings is 1. The van der Waals surface area contributed by atoms with E-state index in [1.807, 2.05) is 0 Å². The van der Waals surface area contributed by atoms with Gasteiger partial charge < -0.3 is 5.32 Å². The van der Waals surface area contributed by atoms with Crippen molar-refractivity contribution in [2.75, 3.05) is 5.32 Å². The topological polar surface area (TPSA) is 72.2 Å². The fraction of sp³-hybridized carbons (Fsp3) is 0.222. The first-order chi connectivity index (χ1) is 9.34. The molecular weight excluding hydrogens is 334 g/mol. The zero-order chi connectivity index (χ0) is 16.6. The number of hydrogen-bond acceptors (Lipinski definition) is 3. The van der Waals surface area contributed by atoms with Crippen LogP contribution in [0, 0.1) is 10.1 Å². The van der Waals surface area contributed by atoms with Crippen molar-refractivity contribution in [3.63, 3.8) is 0 Å². The smallest absolute Gasteiger partial charge is 0.312 e. The molecule has 1 amide bonds. The van der Waals surface area contributed by atoms with Crippen LogP contribution < -0.4 is 5.32 Å². The van der Waals surface area contributed by atoms with E-state index in [0.29, 0.717) is 0 Å². The van der Waals surface area contributed by atoms with E-state index in [9.17, 15) is 41.3 Å². The molecule has 0 saturated carbocycles. The van der Waals surface area contributed by atoms with Gasteiger partial charge in [0, 0.05) is 6.07 Å². The number of amides is 1. The van der Waals surface area contributed by atoms with Gasteiger partial charge in [0.1, 0.15) is 5.69 Å². The SMILES string of the molecule is O=C(Nc1cc(C(F)(F)F)c(Cl)cc1[N+](=O)[O-])C(F)(F)F. The molecule has 0 fully saturated rings. The van der Waals surface area contributed by atoms with Crippen LogP contribution in [-0.4, -0.2) is 17.0 Å². The summed E-state index contributed by atoms with van der Waals surface area (Å²) in [6, 6.07) is 0.167. The molecule has 1 N–H and O–H groups in total. The molecule has 1 aromatic rings. The second kappa shape index (κ2) is 5.39. The molecule has 116 valence electrons. The van der Waals surface area contributed by atoms with E-state index in [0.717, 1.165) is 5.32 Å². The summed E-state index contributed by atoms with van der Waals surface area (Å²) in [6.45, 7) is 0. The van der Waals surface area contributed by atoms with Crippen molar-refractivity contribution in [1.82, 2.24) is 0 Å². The Bertz CT molecular complexity index is 598. The number of halogens is 7. The normalized spacial score (nSPS) is 12.1. The first-order valence-corrected chi connectivity index (χ1v) is 5.15. The fourth-order valence-corrected chi connectivity index (χ4v) is 1.49. The predicted molar refractivity (Wildman–Crippen MR) is 57.8 cm³/mol. The minimum absolute atomic E-state index is 0.0376. The lowest BCUT2D eigenvalue weighted by Gasteiger charge is -2.13. The Morgan fingerprint density at radius 1 is 1.19 bits per heavy atom. The maximum absolute atomic E-state index is 12.5. The Morgan fingerprint density at radius 3 is 2.10 bits per heavy atom. The Balaban J connectivity index is 3.41. The molecule has 0 radical (unpaired) electrons. The van der Waals surface area contributed by atoms with Gasteiger partial charge in [-0.3, -0.25) is 14.9 Å². The molecule has 0 spiro atoms. The lowest BCUT2D eigenvalue weighted by atomic mass is 10.1. The van der Waals surface area contributed by atoms with Crippen LogP contribution in [0.4, 0.5) is 37.7 Å². The monoisotopic (exact) mass is 336 g/mol. The highest BCUT2D eigenvalue weighted by Gasteiger charge is 2.41. The van der Waals surface area contributed by atoms with E-state index in [4.69, 9.17) is 11.6 Å². The molecule has 0 heterocycles. The highest BCUT2D eigenvalue weighted by molar-refractivity contribution is 6.31. The van der Waals surface area contributed by atoms with Gasteiger partial charge in [-0.25, -0.2) is 0 Å². The Hall–Kier alpha value is -2.04. The lowest BCUT2D eigenvalue weighted by molar-refractivity contribution is -0.384. The molecule has 1 rings (SSSR count). The van der Waals surface area contributed by atoms with Gasteiger partial charge in [-0.1, -0.05) is 11.6 Å². The van der Waals surface area contributed by atoms with Crippen molar-refractivity contribution in [2.45, 2.75) is 12.4 Å². The van der Waals surface area contributed by atoms with Crippen LogP contribution in [0.2, 0.25) is 5.02 Å². The molecule has 0 aliphatic carbocycles. The van der Waals surface area contributed by atoms with Gasteiger partial charge in [0.25, 0.3) is 5.69 Å². The van der Waals surface area contributed by atoms with Gasteiger partial charge in [0.05, 0.1) is 15.5 Å². The quantitative estimate of drug-likeness (QED) is 0.507. The Kier molecular flexibility index (Phi) is 4.37. The summed E-state index contributed by atoms with van der Waals surface area (Å²) in [7, 11) is 0.